The van der Waals surface area contributed by atoms with Crippen LogP contribution < -0.4 is 10.1 Å². The zero-order valence-electron chi connectivity index (χ0n) is 47.3. The summed E-state index contributed by atoms with van der Waals surface area (Å²) < 4.78 is 314. The second-order valence-electron chi connectivity index (χ2n) is 19.3. The Morgan fingerprint density at radius 2 is 0.938 bits per heavy atom. The molecule has 0 aliphatic heterocycles. The number of ether oxygens (including phenoxy) is 3. The maximum Gasteiger partial charge on any atom is 0.462 e. The molecule has 1 rings (SSSR count). The summed E-state index contributed by atoms with van der Waals surface area (Å²) in [5.74, 6) is -29.1. The topological polar surface area (TPSA) is 84.9 Å². The largest absolute Gasteiger partial charge is 0.462 e. The van der Waals surface area contributed by atoms with Crippen molar-refractivity contribution in [1.82, 2.24) is 0 Å². The predicted octanol–water partition coefficient (Wildman–Crippen LogP) is 9.55. The SMILES string of the molecule is CCCC[SiH2][SiH](C)OC.CCC[SiH2][SiH](C)OC.CO[SiH](C)[SiH2]CCCOCC(F)(OC(F)(F)C(F)(F)C(F)(F)F)C(F)(F)F.CO[SiH](C)[SiH2]CC[Si](C)(C)c1cccc(N(C)C(=O)C(F)(OC(F)(F)C(F)(F)C(F)(F)F)C(F)(F)F)c1. The number of carbonyl (C=O) groups excluding carboxylic acids is 1. The maximum atomic E-state index is 14.7. The molecule has 1 aromatic rings. The number of unbranched alkanes of at least 4 members (excludes halogenated alkanes) is 1. The molecule has 0 saturated heterocycles. The average Bonchev–Trinajstić information content (AvgIpc) is 3.34. The molecule has 6 atom stereocenters. The Labute approximate surface area is 474 Å². The van der Waals surface area contributed by atoms with Crippen molar-refractivity contribution in [3.05, 3.63) is 24.3 Å². The fraction of sp³-hybridized carbons (Fsp3) is 0.829. The van der Waals surface area contributed by atoms with E-state index in [2.05, 4.69) is 41.2 Å². The molecule has 1 aromatic carbocycles. The van der Waals surface area contributed by atoms with E-state index in [1.165, 1.54) is 50.6 Å². The summed E-state index contributed by atoms with van der Waals surface area (Å²) in [6.45, 7) is 14.0. The summed E-state index contributed by atoms with van der Waals surface area (Å²) in [6.07, 6.45) is -36.8. The van der Waals surface area contributed by atoms with Crippen molar-refractivity contribution in [3.8, 4) is 0 Å². The molecule has 0 spiro atoms. The highest BCUT2D eigenvalue weighted by Crippen LogP contribution is 2.53. The van der Waals surface area contributed by atoms with Crippen molar-refractivity contribution < 1.29 is 133 Å². The second-order valence-corrected chi connectivity index (χ2v) is 58.3. The third-order valence-electron chi connectivity index (χ3n) is 12.0. The number of alkyl halides is 22. The van der Waals surface area contributed by atoms with Crippen LogP contribution in [-0.2, 0) is 36.7 Å². The van der Waals surface area contributed by atoms with E-state index < -0.39 is 146 Å². The maximum absolute atomic E-state index is 14.7. The quantitative estimate of drug-likeness (QED) is 0.0414. The summed E-state index contributed by atoms with van der Waals surface area (Å²) in [5, 5.41) is 0.594. The molecule has 40 heteroatoms. The van der Waals surface area contributed by atoms with Crippen LogP contribution in [0.1, 0.15) is 39.5 Å². The number of rotatable bonds is 31. The normalized spacial score (nSPS) is 16.8. The monoisotopic (exact) mass is 1380 g/mol. The molecule has 0 fully saturated rings. The first kappa shape index (κ1) is 84.0. The van der Waals surface area contributed by atoms with Gasteiger partial charge in [0.2, 0.25) is 0 Å². The molecular weight excluding hydrogens is 1310 g/mol. The summed E-state index contributed by atoms with van der Waals surface area (Å²) in [7, 11) is 0.732. The minimum absolute atomic E-state index is 0.107. The van der Waals surface area contributed by atoms with Crippen LogP contribution in [0, 0.1) is 0 Å². The molecule has 0 saturated carbocycles. The molecule has 0 N–H and O–H groups in total. The van der Waals surface area contributed by atoms with Crippen LogP contribution in [0.3, 0.4) is 0 Å². The molecule has 0 aliphatic carbocycles. The highest BCUT2D eigenvalue weighted by atomic mass is 29.2. The Morgan fingerprint density at radius 3 is 1.31 bits per heavy atom. The molecule has 9 nitrogen and oxygen atoms in total. The highest BCUT2D eigenvalue weighted by molar-refractivity contribution is 7.09. The number of anilines is 1. The van der Waals surface area contributed by atoms with Crippen LogP contribution in [0.25, 0.3) is 0 Å². The average molecular weight is 1380 g/mol. The van der Waals surface area contributed by atoms with Crippen LogP contribution in [-0.4, -0.2) is 194 Å². The lowest BCUT2D eigenvalue weighted by Gasteiger charge is -2.36. The van der Waals surface area contributed by atoms with Crippen molar-refractivity contribution in [2.75, 3.05) is 53.6 Å². The lowest BCUT2D eigenvalue weighted by atomic mass is 10.2. The van der Waals surface area contributed by atoms with Gasteiger partial charge in [-0.3, -0.25) is 14.3 Å². The first-order chi connectivity index (χ1) is 36.5. The summed E-state index contributed by atoms with van der Waals surface area (Å²) in [4.78, 5) is 12.2. The van der Waals surface area contributed by atoms with E-state index >= 15 is 0 Å². The third-order valence-corrected chi connectivity index (χ3v) is 45.0. The zero-order chi connectivity index (χ0) is 64.5. The van der Waals surface area contributed by atoms with E-state index in [0.29, 0.717) is 18.3 Å². The fourth-order valence-electron chi connectivity index (χ4n) is 6.16. The van der Waals surface area contributed by atoms with Gasteiger partial charge < -0.3 is 27.3 Å². The Kier molecular flexibility index (Phi) is 37.6. The van der Waals surface area contributed by atoms with Gasteiger partial charge in [-0.1, -0.05) is 120 Å². The van der Waals surface area contributed by atoms with Crippen LogP contribution in [0.2, 0.25) is 69.5 Å². The molecule has 484 valence electrons. The van der Waals surface area contributed by atoms with Gasteiger partial charge in [-0.2, -0.15) is 96.6 Å². The van der Waals surface area contributed by atoms with Gasteiger partial charge in [0, 0.05) is 83.9 Å². The number of likely N-dealkylation sites (N-methyl/N-ethyl adjacent to an activating group) is 1. The van der Waals surface area contributed by atoms with Crippen LogP contribution in [0.15, 0.2) is 24.3 Å². The van der Waals surface area contributed by atoms with Crippen LogP contribution in [0.4, 0.5) is 102 Å². The number of carbonyl (C=O) groups is 1. The van der Waals surface area contributed by atoms with E-state index in [0.717, 1.165) is 18.2 Å². The van der Waals surface area contributed by atoms with Gasteiger partial charge >= 0.3 is 66.4 Å². The van der Waals surface area contributed by atoms with Gasteiger partial charge in [0.25, 0.3) is 0 Å². The lowest BCUT2D eigenvalue weighted by Crippen LogP contribution is -2.63. The number of hydrogen-bond acceptors (Lipinski definition) is 8. The molecule has 1 amide bonds. The third kappa shape index (κ3) is 28.0. The van der Waals surface area contributed by atoms with Crippen molar-refractivity contribution in [1.29, 1.82) is 0 Å². The molecule has 0 aromatic heterocycles. The standard InChI is InChI=1S/C19H26F11NO3Si3.C11H17F11O3Si2.C6H18OSi2.C5H16OSi2/c1-31(12-7-6-8-13(11-12)37(4,5)10-9-35-36(3)33-2)14(32)15(20,17(23,24)25)34-19(29,30)16(21,22)18(26,27)28;1-23-27(2)26-5-3-4-24-6-7(12,9(15,16)17)25-11(21,22)8(13,14)10(18,19)20;1-4-5-6-8-9(3)7-2;1-4-5-7-8(3)6-2/h6-8,11,36H,9-10,35H2,1-5H3;27H,3-6,26H2,1-2H3;9H,4-6,8H2,1-3H3;8H,4-5,7H2,1-3H3. The molecule has 6 unspecified atom stereocenters. The number of nitrogens with zero attached hydrogens (tertiary/aromatic N) is 1. The van der Waals surface area contributed by atoms with Crippen LogP contribution in [0.5, 0.6) is 0 Å². The lowest BCUT2D eigenvalue weighted by molar-refractivity contribution is -0.486. The smallest absolute Gasteiger partial charge is 0.427 e. The molecule has 0 bridgehead atoms. The van der Waals surface area contributed by atoms with Crippen molar-refractivity contribution in [2.45, 2.75) is 170 Å². The van der Waals surface area contributed by atoms with Gasteiger partial charge in [-0.15, -0.1) is 0 Å². The number of hydrogen-bond donors (Lipinski definition) is 0. The van der Waals surface area contributed by atoms with E-state index in [1.807, 2.05) is 40.4 Å². The van der Waals surface area contributed by atoms with Gasteiger partial charge in [0.1, 0.15) is 6.61 Å². The minimum atomic E-state index is -7.25. The van der Waals surface area contributed by atoms with E-state index in [-0.39, 0.29) is 29.4 Å². The first-order valence-electron chi connectivity index (χ1n) is 25.1. The number of amides is 1. The van der Waals surface area contributed by atoms with Crippen molar-refractivity contribution in [3.63, 3.8) is 0 Å². The molecular formula is C41H77F22NO8Si9. The van der Waals surface area contributed by atoms with E-state index in [1.54, 1.807) is 13.2 Å². The Morgan fingerprint density at radius 1 is 0.543 bits per heavy atom. The van der Waals surface area contributed by atoms with Crippen LogP contribution >= 0.6 is 0 Å². The van der Waals surface area contributed by atoms with Gasteiger partial charge in [-0.05, 0) is 18.6 Å². The van der Waals surface area contributed by atoms with E-state index in [9.17, 15) is 101 Å². The predicted molar refractivity (Wildman–Crippen MR) is 290 cm³/mol. The van der Waals surface area contributed by atoms with Crippen molar-refractivity contribution >= 4 is 95.2 Å². The molecule has 0 radical (unpaired) electrons. The Hall–Kier alpha value is -1.18. The summed E-state index contributed by atoms with van der Waals surface area (Å²) >= 11 is 0. The second kappa shape index (κ2) is 36.2. The Bertz CT molecular complexity index is 1900. The first-order valence-corrected chi connectivity index (χ1v) is 51.9. The zero-order valence-corrected chi connectivity index (χ0v) is 58.5. The van der Waals surface area contributed by atoms with Gasteiger partial charge in [0.05, 0.1) is 8.07 Å². The van der Waals surface area contributed by atoms with Gasteiger partial charge in [0.15, 0.2) is 34.2 Å². The van der Waals surface area contributed by atoms with E-state index in [4.69, 9.17) is 17.7 Å². The summed E-state index contributed by atoms with van der Waals surface area (Å²) in [6, 6.07) is 10.3. The van der Waals surface area contributed by atoms with Gasteiger partial charge in [-0.25, -0.2) is 0 Å². The fourth-order valence-corrected chi connectivity index (χ4v) is 31.3. The summed E-state index contributed by atoms with van der Waals surface area (Å²) in [5.41, 5.74) is -0.444. The molecule has 81 heavy (non-hydrogen) atoms. The highest BCUT2D eigenvalue weighted by Gasteiger charge is 2.80. The molecule has 0 aliphatic rings. The number of benzene rings is 1. The van der Waals surface area contributed by atoms with Crippen molar-refractivity contribution in [2.24, 2.45) is 0 Å². The minimum Gasteiger partial charge on any atom is -0.427 e. The number of halogens is 22. The Balaban J connectivity index is -0.00000119. The molecule has 0 heterocycles.